The maximum absolute atomic E-state index is 5.84. The van der Waals surface area contributed by atoms with Gasteiger partial charge in [0, 0.05) is 42.6 Å². The normalized spacial score (nSPS) is 21.6. The largest absolute Gasteiger partial charge is 0.352 e. The predicted molar refractivity (Wildman–Crippen MR) is 127 cm³/mol. The van der Waals surface area contributed by atoms with Gasteiger partial charge < -0.3 is 14.8 Å². The second-order valence-electron chi connectivity index (χ2n) is 8.75. The smallest absolute Gasteiger partial charge is 0.170 e. The zero-order valence-corrected chi connectivity index (χ0v) is 19.0. The monoisotopic (exact) mass is 431 g/mol. The average molecular weight is 432 g/mol. The summed E-state index contributed by atoms with van der Waals surface area (Å²) in [6.07, 6.45) is 10.8. The molecule has 0 radical (unpaired) electrons. The SMILES string of the molecule is Cc1cc([C@H]2[C@@H](c3ccccn3)NC(=S)N2Cc2cccnc2)c(C)n1C1CCCC1. The van der Waals surface area contributed by atoms with Crippen molar-refractivity contribution in [3.63, 3.8) is 0 Å². The van der Waals surface area contributed by atoms with E-state index < -0.39 is 0 Å². The van der Waals surface area contributed by atoms with Gasteiger partial charge in [0.25, 0.3) is 0 Å². The second-order valence-corrected chi connectivity index (χ2v) is 9.14. The highest BCUT2D eigenvalue weighted by molar-refractivity contribution is 7.80. The van der Waals surface area contributed by atoms with Gasteiger partial charge >= 0.3 is 0 Å². The molecular formula is C25H29N5S. The van der Waals surface area contributed by atoms with Crippen molar-refractivity contribution in [1.29, 1.82) is 0 Å². The summed E-state index contributed by atoms with van der Waals surface area (Å²) in [4.78, 5) is 11.3. The van der Waals surface area contributed by atoms with Gasteiger partial charge in [-0.05, 0) is 74.3 Å². The van der Waals surface area contributed by atoms with Gasteiger partial charge in [-0.15, -0.1) is 0 Å². The highest BCUT2D eigenvalue weighted by Gasteiger charge is 2.41. The fourth-order valence-corrected chi connectivity index (χ4v) is 5.73. The molecule has 4 heterocycles. The van der Waals surface area contributed by atoms with Crippen LogP contribution in [0.5, 0.6) is 0 Å². The van der Waals surface area contributed by atoms with E-state index in [4.69, 9.17) is 12.2 Å². The quantitative estimate of drug-likeness (QED) is 0.564. The molecule has 1 aliphatic heterocycles. The molecule has 2 fully saturated rings. The molecular weight excluding hydrogens is 402 g/mol. The van der Waals surface area contributed by atoms with Crippen LogP contribution in [0.1, 0.15) is 72.0 Å². The first kappa shape index (κ1) is 20.2. The number of hydrogen-bond donors (Lipinski definition) is 1. The van der Waals surface area contributed by atoms with Gasteiger partial charge in [-0.1, -0.05) is 25.0 Å². The maximum Gasteiger partial charge on any atom is 0.170 e. The number of pyridine rings is 2. The van der Waals surface area contributed by atoms with E-state index in [0.29, 0.717) is 6.04 Å². The lowest BCUT2D eigenvalue weighted by Gasteiger charge is -2.28. The van der Waals surface area contributed by atoms with Crippen LogP contribution in [0, 0.1) is 13.8 Å². The summed E-state index contributed by atoms with van der Waals surface area (Å²) in [6, 6.07) is 13.3. The fourth-order valence-electron chi connectivity index (χ4n) is 5.43. The molecule has 3 aromatic heterocycles. The van der Waals surface area contributed by atoms with E-state index in [-0.39, 0.29) is 12.1 Å². The van der Waals surface area contributed by atoms with Gasteiger partial charge in [0.2, 0.25) is 0 Å². The Balaban J connectivity index is 1.58. The van der Waals surface area contributed by atoms with Crippen LogP contribution in [-0.2, 0) is 6.54 Å². The molecule has 0 amide bonds. The number of rotatable bonds is 5. The summed E-state index contributed by atoms with van der Waals surface area (Å²) in [5.74, 6) is 0. The molecule has 3 aromatic rings. The molecule has 5 rings (SSSR count). The molecule has 0 unspecified atom stereocenters. The lowest BCUT2D eigenvalue weighted by molar-refractivity contribution is 0.309. The summed E-state index contributed by atoms with van der Waals surface area (Å²) in [5.41, 5.74) is 6.23. The Kier molecular flexibility index (Phi) is 5.48. The Morgan fingerprint density at radius 1 is 1.10 bits per heavy atom. The van der Waals surface area contributed by atoms with Crippen LogP contribution in [0.15, 0.2) is 55.0 Å². The predicted octanol–water partition coefficient (Wildman–Crippen LogP) is 5.18. The molecule has 160 valence electrons. The third kappa shape index (κ3) is 3.74. The van der Waals surface area contributed by atoms with Crippen molar-refractivity contribution >= 4 is 17.3 Å². The van der Waals surface area contributed by atoms with Crippen molar-refractivity contribution in [2.24, 2.45) is 0 Å². The zero-order chi connectivity index (χ0) is 21.4. The summed E-state index contributed by atoms with van der Waals surface area (Å²) < 4.78 is 2.57. The molecule has 0 spiro atoms. The lowest BCUT2D eigenvalue weighted by atomic mass is 9.96. The summed E-state index contributed by atoms with van der Waals surface area (Å²) in [6.45, 7) is 5.25. The number of nitrogens with one attached hydrogen (secondary N) is 1. The minimum atomic E-state index is 0.0166. The third-order valence-corrected chi connectivity index (χ3v) is 7.16. The Bertz CT molecular complexity index is 1060. The fraction of sp³-hybridized carbons (Fsp3) is 0.400. The van der Waals surface area contributed by atoms with Crippen LogP contribution in [0.2, 0.25) is 0 Å². The van der Waals surface area contributed by atoms with Gasteiger partial charge in [0.15, 0.2) is 5.11 Å². The topological polar surface area (TPSA) is 46.0 Å². The molecule has 1 N–H and O–H groups in total. The van der Waals surface area contributed by atoms with Gasteiger partial charge in [-0.3, -0.25) is 9.97 Å². The first-order valence-electron chi connectivity index (χ1n) is 11.2. The van der Waals surface area contributed by atoms with Crippen LogP contribution < -0.4 is 5.32 Å². The van der Waals surface area contributed by atoms with Crippen molar-refractivity contribution in [3.05, 3.63) is 83.2 Å². The first-order chi connectivity index (χ1) is 15.1. The molecule has 1 aliphatic carbocycles. The van der Waals surface area contributed by atoms with Crippen LogP contribution in [0.3, 0.4) is 0 Å². The molecule has 1 saturated heterocycles. The summed E-state index contributed by atoms with van der Waals surface area (Å²) >= 11 is 5.84. The number of nitrogens with zero attached hydrogens (tertiary/aromatic N) is 4. The van der Waals surface area contributed by atoms with E-state index in [9.17, 15) is 0 Å². The number of thiocarbonyl (C=S) groups is 1. The Morgan fingerprint density at radius 3 is 2.65 bits per heavy atom. The van der Waals surface area contributed by atoms with Crippen LogP contribution in [-0.4, -0.2) is 24.5 Å². The van der Waals surface area contributed by atoms with Crippen molar-refractivity contribution in [2.75, 3.05) is 0 Å². The zero-order valence-electron chi connectivity index (χ0n) is 18.2. The van der Waals surface area contributed by atoms with Gasteiger partial charge in [0.05, 0.1) is 17.8 Å². The minimum absolute atomic E-state index is 0.0166. The lowest BCUT2D eigenvalue weighted by Crippen LogP contribution is -2.29. The van der Waals surface area contributed by atoms with Crippen LogP contribution in [0.4, 0.5) is 0 Å². The summed E-state index contributed by atoms with van der Waals surface area (Å²) in [5, 5.41) is 4.35. The Hall–Kier alpha value is -2.73. The Morgan fingerprint density at radius 2 is 1.94 bits per heavy atom. The standard InChI is InChI=1S/C25H29N5S/c1-17-14-21(18(2)30(17)20-9-3-4-10-20)24-23(22-11-5-6-13-27-22)28-25(31)29(24)16-19-8-7-12-26-15-19/h5-8,11-15,20,23-24H,3-4,9-10,16H2,1-2H3,(H,28,31)/t23-,24+/m1/s1. The van der Waals surface area contributed by atoms with Crippen molar-refractivity contribution in [2.45, 2.75) is 64.2 Å². The van der Waals surface area contributed by atoms with E-state index in [1.165, 1.54) is 42.6 Å². The van der Waals surface area contributed by atoms with E-state index >= 15 is 0 Å². The molecule has 2 aliphatic rings. The number of aryl methyl sites for hydroxylation is 1. The van der Waals surface area contributed by atoms with Crippen molar-refractivity contribution < 1.29 is 0 Å². The Labute approximate surface area is 189 Å². The van der Waals surface area contributed by atoms with E-state index in [2.05, 4.69) is 62.9 Å². The van der Waals surface area contributed by atoms with E-state index in [1.807, 2.05) is 30.7 Å². The van der Waals surface area contributed by atoms with Crippen molar-refractivity contribution in [1.82, 2.24) is 24.8 Å². The molecule has 31 heavy (non-hydrogen) atoms. The molecule has 5 nitrogen and oxygen atoms in total. The van der Waals surface area contributed by atoms with Gasteiger partial charge in [0.1, 0.15) is 0 Å². The molecule has 0 aromatic carbocycles. The second kappa shape index (κ2) is 8.42. The third-order valence-electron chi connectivity index (χ3n) is 6.81. The average Bonchev–Trinajstić information content (AvgIpc) is 3.49. The molecule has 2 atom stereocenters. The van der Waals surface area contributed by atoms with Gasteiger partial charge in [-0.25, -0.2) is 0 Å². The highest BCUT2D eigenvalue weighted by Crippen LogP contribution is 2.43. The maximum atomic E-state index is 5.84. The van der Waals surface area contributed by atoms with Crippen LogP contribution in [0.25, 0.3) is 0 Å². The first-order valence-corrected chi connectivity index (χ1v) is 11.6. The van der Waals surface area contributed by atoms with Crippen molar-refractivity contribution in [3.8, 4) is 0 Å². The van der Waals surface area contributed by atoms with E-state index in [1.54, 1.807) is 0 Å². The number of aromatic nitrogens is 3. The number of hydrogen-bond acceptors (Lipinski definition) is 3. The summed E-state index contributed by atoms with van der Waals surface area (Å²) in [7, 11) is 0. The minimum Gasteiger partial charge on any atom is -0.352 e. The molecule has 0 bridgehead atoms. The molecule has 1 saturated carbocycles. The van der Waals surface area contributed by atoms with Gasteiger partial charge in [-0.2, -0.15) is 0 Å². The van der Waals surface area contributed by atoms with E-state index in [0.717, 1.165) is 22.9 Å². The highest BCUT2D eigenvalue weighted by atomic mass is 32.1. The van der Waals surface area contributed by atoms with Crippen LogP contribution >= 0.6 is 12.2 Å². The molecule has 6 heteroatoms.